The van der Waals surface area contributed by atoms with Crippen molar-refractivity contribution in [3.05, 3.63) is 48.0 Å². The molecule has 0 bridgehead atoms. The lowest BCUT2D eigenvalue weighted by Crippen LogP contribution is -2.35. The molecule has 0 saturated carbocycles. The summed E-state index contributed by atoms with van der Waals surface area (Å²) in [5, 5.41) is 0.480. The van der Waals surface area contributed by atoms with Crippen molar-refractivity contribution in [3.8, 4) is 0 Å². The molecule has 8 heteroatoms. The first-order valence-electron chi connectivity index (χ1n) is 8.14. The van der Waals surface area contributed by atoms with E-state index >= 15 is 0 Å². The SMILES string of the molecule is O=C(CCC(c1ccccc1)N1C(=O)C=CC1=O)ON1C(=O)CCC1=O. The zero-order chi connectivity index (χ0) is 18.7. The predicted molar refractivity (Wildman–Crippen MR) is 86.6 cm³/mol. The summed E-state index contributed by atoms with van der Waals surface area (Å²) < 4.78 is 0. The summed E-state index contributed by atoms with van der Waals surface area (Å²) in [4.78, 5) is 65.0. The Bertz CT molecular complexity index is 767. The molecule has 2 aliphatic rings. The summed E-state index contributed by atoms with van der Waals surface area (Å²) in [5.74, 6) is -2.81. The Morgan fingerprint density at radius 3 is 2.12 bits per heavy atom. The van der Waals surface area contributed by atoms with Gasteiger partial charge in [-0.15, -0.1) is 5.06 Å². The van der Waals surface area contributed by atoms with E-state index in [0.717, 1.165) is 4.90 Å². The van der Waals surface area contributed by atoms with Crippen molar-refractivity contribution in [3.63, 3.8) is 0 Å². The van der Waals surface area contributed by atoms with Gasteiger partial charge in [-0.3, -0.25) is 24.1 Å². The van der Waals surface area contributed by atoms with Gasteiger partial charge in [-0.25, -0.2) is 4.79 Å². The predicted octanol–water partition coefficient (Wildman–Crippen LogP) is 1.04. The standard InChI is InChI=1S/C18H16N2O6/c21-14-7-8-15(22)19(14)13(12-4-2-1-3-5-12)6-11-18(25)26-20-16(23)9-10-17(20)24/h1-5,7-8,13H,6,9-11H2. The normalized spacial score (nSPS) is 18.0. The monoisotopic (exact) mass is 356 g/mol. The van der Waals surface area contributed by atoms with E-state index < -0.39 is 35.6 Å². The number of benzene rings is 1. The van der Waals surface area contributed by atoms with E-state index in [0.29, 0.717) is 10.6 Å². The van der Waals surface area contributed by atoms with Crippen LogP contribution in [0.15, 0.2) is 42.5 Å². The van der Waals surface area contributed by atoms with Gasteiger partial charge in [0.05, 0.1) is 12.5 Å². The Kier molecular flexibility index (Phi) is 4.92. The fourth-order valence-electron chi connectivity index (χ4n) is 2.90. The third-order valence-electron chi connectivity index (χ3n) is 4.16. The van der Waals surface area contributed by atoms with Gasteiger partial charge in [0.15, 0.2) is 0 Å². The lowest BCUT2D eigenvalue weighted by molar-refractivity contribution is -0.197. The minimum absolute atomic E-state index is 0.0151. The van der Waals surface area contributed by atoms with Crippen molar-refractivity contribution >= 4 is 29.6 Å². The largest absolute Gasteiger partial charge is 0.333 e. The summed E-state index contributed by atoms with van der Waals surface area (Å²) in [6.45, 7) is 0. The van der Waals surface area contributed by atoms with Crippen LogP contribution in [0, 0.1) is 0 Å². The van der Waals surface area contributed by atoms with Crippen LogP contribution in [0.25, 0.3) is 0 Å². The Morgan fingerprint density at radius 2 is 1.54 bits per heavy atom. The molecule has 0 radical (unpaired) electrons. The molecule has 3 rings (SSSR count). The van der Waals surface area contributed by atoms with Crippen molar-refractivity contribution < 1.29 is 28.8 Å². The van der Waals surface area contributed by atoms with E-state index in [-0.39, 0.29) is 25.7 Å². The molecule has 0 aliphatic carbocycles. The van der Waals surface area contributed by atoms with E-state index in [4.69, 9.17) is 4.84 Å². The number of rotatable bonds is 6. The molecular weight excluding hydrogens is 340 g/mol. The van der Waals surface area contributed by atoms with Crippen molar-refractivity contribution in [2.24, 2.45) is 0 Å². The zero-order valence-corrected chi connectivity index (χ0v) is 13.8. The fraction of sp³-hybridized carbons (Fsp3) is 0.278. The molecule has 1 aromatic rings. The molecule has 2 heterocycles. The van der Waals surface area contributed by atoms with Gasteiger partial charge in [0, 0.05) is 25.0 Å². The van der Waals surface area contributed by atoms with Crippen LogP contribution in [0.3, 0.4) is 0 Å². The van der Waals surface area contributed by atoms with E-state index in [9.17, 15) is 24.0 Å². The molecule has 1 saturated heterocycles. The lowest BCUT2D eigenvalue weighted by Gasteiger charge is -2.26. The van der Waals surface area contributed by atoms with E-state index in [1.54, 1.807) is 30.3 Å². The van der Waals surface area contributed by atoms with Crippen LogP contribution >= 0.6 is 0 Å². The van der Waals surface area contributed by atoms with Gasteiger partial charge < -0.3 is 4.84 Å². The second-order valence-electron chi connectivity index (χ2n) is 5.89. The second kappa shape index (κ2) is 7.30. The first kappa shape index (κ1) is 17.5. The molecule has 26 heavy (non-hydrogen) atoms. The second-order valence-corrected chi connectivity index (χ2v) is 5.89. The maximum atomic E-state index is 12.0. The van der Waals surface area contributed by atoms with E-state index in [2.05, 4.69) is 0 Å². The van der Waals surface area contributed by atoms with Gasteiger partial charge in [0.1, 0.15) is 0 Å². The maximum Gasteiger partial charge on any atom is 0.333 e. The van der Waals surface area contributed by atoms with Gasteiger partial charge in [-0.05, 0) is 12.0 Å². The molecule has 1 aromatic carbocycles. The van der Waals surface area contributed by atoms with Gasteiger partial charge in [-0.2, -0.15) is 0 Å². The molecule has 134 valence electrons. The quantitative estimate of drug-likeness (QED) is 0.706. The zero-order valence-electron chi connectivity index (χ0n) is 13.8. The Hall–Kier alpha value is -3.29. The highest BCUT2D eigenvalue weighted by Gasteiger charge is 2.35. The molecule has 1 fully saturated rings. The van der Waals surface area contributed by atoms with Gasteiger partial charge >= 0.3 is 5.97 Å². The van der Waals surface area contributed by atoms with Crippen LogP contribution in [0.4, 0.5) is 0 Å². The van der Waals surface area contributed by atoms with Gasteiger partial charge in [0.25, 0.3) is 23.6 Å². The summed E-state index contributed by atoms with van der Waals surface area (Å²) in [6, 6.07) is 8.18. The summed E-state index contributed by atoms with van der Waals surface area (Å²) >= 11 is 0. The average molecular weight is 356 g/mol. The Morgan fingerprint density at radius 1 is 0.962 bits per heavy atom. The lowest BCUT2D eigenvalue weighted by atomic mass is 10.0. The number of imide groups is 2. The number of carbonyl (C=O) groups excluding carboxylic acids is 5. The average Bonchev–Trinajstić information content (AvgIpc) is 3.13. The molecule has 0 aromatic heterocycles. The number of nitrogens with zero attached hydrogens (tertiary/aromatic N) is 2. The number of hydroxylamine groups is 2. The third-order valence-corrected chi connectivity index (χ3v) is 4.16. The van der Waals surface area contributed by atoms with Crippen LogP contribution in [0.1, 0.15) is 37.3 Å². The molecule has 8 nitrogen and oxygen atoms in total. The number of hydrogen-bond donors (Lipinski definition) is 0. The van der Waals surface area contributed by atoms with Crippen LogP contribution < -0.4 is 0 Å². The topological polar surface area (TPSA) is 101 Å². The highest BCUT2D eigenvalue weighted by atomic mass is 16.7. The van der Waals surface area contributed by atoms with Crippen LogP contribution in [0.2, 0.25) is 0 Å². The molecular formula is C18H16N2O6. The van der Waals surface area contributed by atoms with Crippen molar-refractivity contribution in [2.75, 3.05) is 0 Å². The van der Waals surface area contributed by atoms with Crippen molar-refractivity contribution in [2.45, 2.75) is 31.7 Å². The third kappa shape index (κ3) is 3.53. The van der Waals surface area contributed by atoms with E-state index in [1.165, 1.54) is 12.2 Å². The first-order valence-corrected chi connectivity index (χ1v) is 8.14. The van der Waals surface area contributed by atoms with Crippen LogP contribution in [-0.2, 0) is 28.8 Å². The smallest absolute Gasteiger partial charge is 0.330 e. The number of carbonyl (C=O) groups is 5. The Labute approximate surface area is 149 Å². The molecule has 1 atom stereocenters. The van der Waals surface area contributed by atoms with Gasteiger partial charge in [0.2, 0.25) is 0 Å². The molecule has 1 unspecified atom stereocenters. The molecule has 2 aliphatic heterocycles. The van der Waals surface area contributed by atoms with Crippen molar-refractivity contribution in [1.82, 2.24) is 9.96 Å². The van der Waals surface area contributed by atoms with Crippen molar-refractivity contribution in [1.29, 1.82) is 0 Å². The summed E-state index contributed by atoms with van der Waals surface area (Å²) in [7, 11) is 0. The summed E-state index contributed by atoms with van der Waals surface area (Å²) in [5.41, 5.74) is 0.694. The first-order chi connectivity index (χ1) is 12.5. The number of hydrogen-bond acceptors (Lipinski definition) is 6. The minimum Gasteiger partial charge on any atom is -0.330 e. The summed E-state index contributed by atoms with van der Waals surface area (Å²) in [6.07, 6.45) is 2.32. The maximum absolute atomic E-state index is 12.0. The highest BCUT2D eigenvalue weighted by Crippen LogP contribution is 2.29. The molecule has 0 N–H and O–H groups in total. The number of amides is 4. The Balaban J connectivity index is 1.69. The van der Waals surface area contributed by atoms with Crippen LogP contribution in [0.5, 0.6) is 0 Å². The minimum atomic E-state index is -0.776. The van der Waals surface area contributed by atoms with E-state index in [1.807, 2.05) is 0 Å². The molecule has 0 spiro atoms. The molecule has 4 amide bonds. The highest BCUT2D eigenvalue weighted by molar-refractivity contribution is 6.13. The van der Waals surface area contributed by atoms with Gasteiger partial charge in [-0.1, -0.05) is 30.3 Å². The van der Waals surface area contributed by atoms with Crippen LogP contribution in [-0.4, -0.2) is 39.6 Å². The fourth-order valence-corrected chi connectivity index (χ4v) is 2.90.